The second-order valence-electron chi connectivity index (χ2n) is 4.45. The topological polar surface area (TPSA) is 30.5 Å². The fourth-order valence-electron chi connectivity index (χ4n) is 2.17. The standard InChI is InChI=1S/C16H25NO2/c1-5-7-9-13(17-12-6-2)16-14(18-3)10-8-11-15(16)19-4/h5,8,10-11,13,17H,1,6-7,9,12H2,2-4H3. The predicted octanol–water partition coefficient (Wildman–Crippen LogP) is 3.71. The second kappa shape index (κ2) is 8.59. The molecule has 0 fully saturated rings. The lowest BCUT2D eigenvalue weighted by Crippen LogP contribution is -2.23. The van der Waals surface area contributed by atoms with Gasteiger partial charge < -0.3 is 14.8 Å². The predicted molar refractivity (Wildman–Crippen MR) is 80.0 cm³/mol. The minimum Gasteiger partial charge on any atom is -0.496 e. The average Bonchev–Trinajstić information content (AvgIpc) is 2.46. The van der Waals surface area contributed by atoms with Gasteiger partial charge in [-0.05, 0) is 37.9 Å². The first-order chi connectivity index (χ1) is 9.28. The van der Waals surface area contributed by atoms with E-state index in [9.17, 15) is 0 Å². The highest BCUT2D eigenvalue weighted by Gasteiger charge is 2.19. The van der Waals surface area contributed by atoms with E-state index in [1.165, 1.54) is 0 Å². The van der Waals surface area contributed by atoms with E-state index >= 15 is 0 Å². The van der Waals surface area contributed by atoms with Crippen LogP contribution in [0.2, 0.25) is 0 Å². The molecule has 0 heterocycles. The van der Waals surface area contributed by atoms with E-state index < -0.39 is 0 Å². The molecule has 1 atom stereocenters. The van der Waals surface area contributed by atoms with E-state index in [1.54, 1.807) is 14.2 Å². The van der Waals surface area contributed by atoms with Crippen LogP contribution in [0.4, 0.5) is 0 Å². The van der Waals surface area contributed by atoms with E-state index in [-0.39, 0.29) is 6.04 Å². The summed E-state index contributed by atoms with van der Waals surface area (Å²) in [5.41, 5.74) is 1.10. The summed E-state index contributed by atoms with van der Waals surface area (Å²) in [5, 5.41) is 3.56. The molecule has 0 aliphatic heterocycles. The van der Waals surface area contributed by atoms with Crippen molar-refractivity contribution in [3.05, 3.63) is 36.4 Å². The van der Waals surface area contributed by atoms with Crippen LogP contribution in [0.25, 0.3) is 0 Å². The van der Waals surface area contributed by atoms with E-state index in [2.05, 4.69) is 18.8 Å². The molecule has 106 valence electrons. The van der Waals surface area contributed by atoms with Gasteiger partial charge >= 0.3 is 0 Å². The third-order valence-corrected chi connectivity index (χ3v) is 3.11. The molecule has 3 heteroatoms. The summed E-state index contributed by atoms with van der Waals surface area (Å²) in [5.74, 6) is 1.74. The Kier molecular flexibility index (Phi) is 7.04. The van der Waals surface area contributed by atoms with Crippen molar-refractivity contribution >= 4 is 0 Å². The van der Waals surface area contributed by atoms with Crippen LogP contribution in [-0.4, -0.2) is 20.8 Å². The molecule has 0 spiro atoms. The average molecular weight is 263 g/mol. The number of benzene rings is 1. The number of hydrogen-bond donors (Lipinski definition) is 1. The first-order valence-corrected chi connectivity index (χ1v) is 6.83. The van der Waals surface area contributed by atoms with Crippen molar-refractivity contribution in [2.24, 2.45) is 0 Å². The molecule has 19 heavy (non-hydrogen) atoms. The third-order valence-electron chi connectivity index (χ3n) is 3.11. The molecule has 0 aliphatic rings. The van der Waals surface area contributed by atoms with Crippen molar-refractivity contribution in [2.75, 3.05) is 20.8 Å². The smallest absolute Gasteiger partial charge is 0.127 e. The number of rotatable bonds is 9. The lowest BCUT2D eigenvalue weighted by Gasteiger charge is -2.23. The molecule has 1 aromatic carbocycles. The van der Waals surface area contributed by atoms with Gasteiger partial charge in [0.15, 0.2) is 0 Å². The van der Waals surface area contributed by atoms with Crippen LogP contribution in [0.1, 0.15) is 37.8 Å². The molecule has 0 saturated heterocycles. The Balaban J connectivity index is 3.06. The monoisotopic (exact) mass is 263 g/mol. The normalized spacial score (nSPS) is 11.9. The molecule has 1 N–H and O–H groups in total. The fraction of sp³-hybridized carbons (Fsp3) is 0.500. The molecule has 1 rings (SSSR count). The Morgan fingerprint density at radius 2 is 1.89 bits per heavy atom. The molecule has 1 aromatic rings. The minimum absolute atomic E-state index is 0.226. The van der Waals surface area contributed by atoms with Crippen LogP contribution in [0.5, 0.6) is 11.5 Å². The van der Waals surface area contributed by atoms with Gasteiger partial charge in [0.05, 0.1) is 19.8 Å². The van der Waals surface area contributed by atoms with Gasteiger partial charge in [0, 0.05) is 6.04 Å². The molecule has 0 saturated carbocycles. The van der Waals surface area contributed by atoms with Crippen molar-refractivity contribution < 1.29 is 9.47 Å². The Hall–Kier alpha value is -1.48. The van der Waals surface area contributed by atoms with Gasteiger partial charge in [0.1, 0.15) is 11.5 Å². The Labute approximate surface area is 116 Å². The molecule has 0 bridgehead atoms. The zero-order chi connectivity index (χ0) is 14.1. The molecule has 3 nitrogen and oxygen atoms in total. The van der Waals surface area contributed by atoms with Gasteiger partial charge in [-0.15, -0.1) is 6.58 Å². The SMILES string of the molecule is C=CCCC(NCCC)c1c(OC)cccc1OC. The zero-order valence-corrected chi connectivity index (χ0v) is 12.2. The minimum atomic E-state index is 0.226. The number of hydrogen-bond acceptors (Lipinski definition) is 3. The molecule has 0 aromatic heterocycles. The van der Waals surface area contributed by atoms with E-state index in [0.717, 1.165) is 42.9 Å². The summed E-state index contributed by atoms with van der Waals surface area (Å²) in [4.78, 5) is 0. The number of nitrogens with one attached hydrogen (secondary N) is 1. The van der Waals surface area contributed by atoms with Gasteiger partial charge in [0.25, 0.3) is 0 Å². The van der Waals surface area contributed by atoms with Gasteiger partial charge in [-0.25, -0.2) is 0 Å². The lowest BCUT2D eigenvalue weighted by molar-refractivity contribution is 0.366. The maximum atomic E-state index is 5.48. The number of methoxy groups -OCH3 is 2. The third kappa shape index (κ3) is 4.28. The maximum absolute atomic E-state index is 5.48. The van der Waals surface area contributed by atoms with Crippen molar-refractivity contribution in [1.29, 1.82) is 0 Å². The summed E-state index contributed by atoms with van der Waals surface area (Å²) < 4.78 is 11.0. The molecule has 0 aliphatic carbocycles. The fourth-order valence-corrected chi connectivity index (χ4v) is 2.17. The van der Waals surface area contributed by atoms with Crippen LogP contribution in [0.3, 0.4) is 0 Å². The highest BCUT2D eigenvalue weighted by Crippen LogP contribution is 2.36. The molecule has 1 unspecified atom stereocenters. The van der Waals surface area contributed by atoms with Gasteiger partial charge in [0.2, 0.25) is 0 Å². The second-order valence-corrected chi connectivity index (χ2v) is 4.45. The number of allylic oxidation sites excluding steroid dienone is 1. The lowest BCUT2D eigenvalue weighted by atomic mass is 9.99. The Bertz CT molecular complexity index is 368. The molecule has 0 amide bonds. The van der Waals surface area contributed by atoms with Crippen molar-refractivity contribution in [3.63, 3.8) is 0 Å². The Morgan fingerprint density at radius 3 is 2.37 bits per heavy atom. The number of ether oxygens (including phenoxy) is 2. The quantitative estimate of drug-likeness (QED) is 0.689. The van der Waals surface area contributed by atoms with Crippen LogP contribution in [0.15, 0.2) is 30.9 Å². The molecular weight excluding hydrogens is 238 g/mol. The summed E-state index contributed by atoms with van der Waals surface area (Å²) >= 11 is 0. The van der Waals surface area contributed by atoms with Crippen LogP contribution < -0.4 is 14.8 Å². The summed E-state index contributed by atoms with van der Waals surface area (Å²) in [6.07, 6.45) is 4.99. The highest BCUT2D eigenvalue weighted by molar-refractivity contribution is 5.47. The van der Waals surface area contributed by atoms with E-state index in [4.69, 9.17) is 9.47 Å². The zero-order valence-electron chi connectivity index (χ0n) is 12.2. The van der Waals surface area contributed by atoms with Crippen LogP contribution in [-0.2, 0) is 0 Å². The van der Waals surface area contributed by atoms with Gasteiger partial charge in [-0.2, -0.15) is 0 Å². The van der Waals surface area contributed by atoms with Crippen LogP contribution >= 0.6 is 0 Å². The van der Waals surface area contributed by atoms with Gasteiger partial charge in [-0.3, -0.25) is 0 Å². The van der Waals surface area contributed by atoms with E-state index in [1.807, 2.05) is 24.3 Å². The van der Waals surface area contributed by atoms with Crippen molar-refractivity contribution in [2.45, 2.75) is 32.2 Å². The summed E-state index contributed by atoms with van der Waals surface area (Å²) in [6.45, 7) is 6.94. The van der Waals surface area contributed by atoms with Crippen molar-refractivity contribution in [3.8, 4) is 11.5 Å². The molecular formula is C16H25NO2. The van der Waals surface area contributed by atoms with Crippen LogP contribution in [0, 0.1) is 0 Å². The Morgan fingerprint density at radius 1 is 1.26 bits per heavy atom. The van der Waals surface area contributed by atoms with Gasteiger partial charge in [-0.1, -0.05) is 19.1 Å². The van der Waals surface area contributed by atoms with Crippen molar-refractivity contribution in [1.82, 2.24) is 5.32 Å². The summed E-state index contributed by atoms with van der Waals surface area (Å²) in [6, 6.07) is 6.13. The first kappa shape index (κ1) is 15.6. The largest absolute Gasteiger partial charge is 0.496 e. The highest BCUT2D eigenvalue weighted by atomic mass is 16.5. The summed E-state index contributed by atoms with van der Waals surface area (Å²) in [7, 11) is 3.39. The molecule has 0 radical (unpaired) electrons. The van der Waals surface area contributed by atoms with E-state index in [0.29, 0.717) is 0 Å². The first-order valence-electron chi connectivity index (χ1n) is 6.83. The maximum Gasteiger partial charge on any atom is 0.127 e.